The van der Waals surface area contributed by atoms with Crippen molar-refractivity contribution in [1.29, 1.82) is 0 Å². The number of benzene rings is 1. The number of para-hydroxylation sites is 1. The maximum absolute atomic E-state index is 12.0. The fourth-order valence-electron chi connectivity index (χ4n) is 3.57. The highest BCUT2D eigenvalue weighted by atomic mass is 16.5. The Morgan fingerprint density at radius 2 is 1.38 bits per heavy atom. The molecule has 0 aliphatic rings. The maximum Gasteiger partial charge on any atom is 0.379 e. The van der Waals surface area contributed by atoms with Crippen LogP contribution >= 0.6 is 0 Å². The van der Waals surface area contributed by atoms with E-state index in [1.807, 2.05) is 12.1 Å². The summed E-state index contributed by atoms with van der Waals surface area (Å²) in [7, 11) is 0. The Labute approximate surface area is 174 Å². The third-order valence-corrected chi connectivity index (χ3v) is 5.32. The first-order valence-electron chi connectivity index (χ1n) is 11.4. The van der Waals surface area contributed by atoms with Crippen molar-refractivity contribution >= 4 is 16.9 Å². The monoisotopic (exact) mass is 400 g/mol. The molecule has 0 unspecified atom stereocenters. The van der Waals surface area contributed by atoms with Gasteiger partial charge in [0.25, 0.3) is 0 Å². The molecule has 2 aromatic rings. The number of carbonyl (C=O) groups is 1. The summed E-state index contributed by atoms with van der Waals surface area (Å²) in [5, 5.41) is 0.746. The topological polar surface area (TPSA) is 56.5 Å². The lowest BCUT2D eigenvalue weighted by Gasteiger charge is -2.05. The molecule has 0 aliphatic heterocycles. The van der Waals surface area contributed by atoms with Crippen molar-refractivity contribution in [2.24, 2.45) is 0 Å². The zero-order chi connectivity index (χ0) is 20.7. The quantitative estimate of drug-likeness (QED) is 0.180. The molecule has 0 saturated carbocycles. The van der Waals surface area contributed by atoms with E-state index < -0.39 is 5.63 Å². The van der Waals surface area contributed by atoms with Crippen LogP contribution in [-0.2, 0) is 4.79 Å². The summed E-state index contributed by atoms with van der Waals surface area (Å²) in [5.74, 6) is -0.390. The Bertz CT molecular complexity index is 778. The van der Waals surface area contributed by atoms with Gasteiger partial charge in [-0.3, -0.25) is 4.79 Å². The highest BCUT2D eigenvalue weighted by Gasteiger charge is 2.11. The predicted octanol–water partition coefficient (Wildman–Crippen LogP) is 7.18. The van der Waals surface area contributed by atoms with Gasteiger partial charge < -0.3 is 9.15 Å². The SMILES string of the molecule is CCCCCCCCCCCCCCCC(=O)Oc1cc2ccccc2oc1=O. The van der Waals surface area contributed by atoms with Crippen molar-refractivity contribution in [3.8, 4) is 5.75 Å². The molecule has 160 valence electrons. The lowest BCUT2D eigenvalue weighted by atomic mass is 10.0. The first-order valence-corrected chi connectivity index (χ1v) is 11.4. The van der Waals surface area contributed by atoms with Crippen LogP contribution in [0.25, 0.3) is 11.0 Å². The molecule has 29 heavy (non-hydrogen) atoms. The summed E-state index contributed by atoms with van der Waals surface area (Å²) in [6, 6.07) is 8.76. The first-order chi connectivity index (χ1) is 14.2. The lowest BCUT2D eigenvalue weighted by Crippen LogP contribution is -2.13. The number of ether oxygens (including phenoxy) is 1. The number of rotatable bonds is 15. The van der Waals surface area contributed by atoms with Crippen LogP contribution < -0.4 is 10.4 Å². The van der Waals surface area contributed by atoms with Crippen molar-refractivity contribution in [3.05, 3.63) is 40.8 Å². The number of hydrogen-bond donors (Lipinski definition) is 0. The van der Waals surface area contributed by atoms with Gasteiger partial charge in [-0.2, -0.15) is 0 Å². The smallest absolute Gasteiger partial charge is 0.379 e. The Kier molecular flexibility index (Phi) is 11.2. The molecule has 1 aromatic heterocycles. The average Bonchev–Trinajstić information content (AvgIpc) is 2.72. The molecule has 4 nitrogen and oxygen atoms in total. The van der Waals surface area contributed by atoms with Crippen molar-refractivity contribution in [2.75, 3.05) is 0 Å². The van der Waals surface area contributed by atoms with Gasteiger partial charge in [0.1, 0.15) is 5.58 Å². The zero-order valence-corrected chi connectivity index (χ0v) is 17.9. The summed E-state index contributed by atoms with van der Waals surface area (Å²) in [6.45, 7) is 2.26. The van der Waals surface area contributed by atoms with Gasteiger partial charge >= 0.3 is 11.6 Å². The normalized spacial score (nSPS) is 11.1. The van der Waals surface area contributed by atoms with Gasteiger partial charge in [0, 0.05) is 11.8 Å². The molecule has 4 heteroatoms. The number of unbranched alkanes of at least 4 members (excludes halogenated alkanes) is 12. The Hall–Kier alpha value is -2.10. The van der Waals surface area contributed by atoms with Crippen LogP contribution in [-0.4, -0.2) is 5.97 Å². The second-order valence-corrected chi connectivity index (χ2v) is 7.90. The molecular weight excluding hydrogens is 364 g/mol. The molecule has 0 aliphatic carbocycles. The molecule has 0 saturated heterocycles. The van der Waals surface area contributed by atoms with Crippen LogP contribution in [0.5, 0.6) is 5.75 Å². The van der Waals surface area contributed by atoms with Crippen molar-refractivity contribution in [3.63, 3.8) is 0 Å². The van der Waals surface area contributed by atoms with Gasteiger partial charge in [-0.1, -0.05) is 102 Å². The number of esters is 1. The van der Waals surface area contributed by atoms with Gasteiger partial charge in [0.15, 0.2) is 0 Å². The lowest BCUT2D eigenvalue weighted by molar-refractivity contribution is -0.134. The maximum atomic E-state index is 12.0. The van der Waals surface area contributed by atoms with E-state index >= 15 is 0 Å². The molecule has 0 amide bonds. The van der Waals surface area contributed by atoms with Crippen molar-refractivity contribution < 1.29 is 13.9 Å². The summed E-state index contributed by atoms with van der Waals surface area (Å²) in [6.07, 6.45) is 16.8. The third kappa shape index (κ3) is 9.29. The van der Waals surface area contributed by atoms with Gasteiger partial charge in [0.2, 0.25) is 5.75 Å². The van der Waals surface area contributed by atoms with E-state index in [2.05, 4.69) is 6.92 Å². The molecule has 0 N–H and O–H groups in total. The second-order valence-electron chi connectivity index (χ2n) is 7.90. The predicted molar refractivity (Wildman–Crippen MR) is 118 cm³/mol. The van der Waals surface area contributed by atoms with Crippen molar-refractivity contribution in [2.45, 2.75) is 96.8 Å². The molecule has 0 bridgehead atoms. The minimum Gasteiger partial charge on any atom is -0.420 e. The van der Waals surface area contributed by atoms with Gasteiger partial charge in [-0.15, -0.1) is 0 Å². The van der Waals surface area contributed by atoms with Crippen LogP contribution in [0.1, 0.15) is 96.8 Å². The van der Waals surface area contributed by atoms with E-state index in [-0.39, 0.29) is 11.7 Å². The van der Waals surface area contributed by atoms with Crippen LogP contribution in [0.2, 0.25) is 0 Å². The van der Waals surface area contributed by atoms with Crippen LogP contribution in [0.3, 0.4) is 0 Å². The molecular formula is C25H36O4. The molecule has 2 rings (SSSR count). The van der Waals surface area contributed by atoms with Gasteiger partial charge in [-0.25, -0.2) is 4.79 Å². The minimum atomic E-state index is -0.609. The van der Waals surface area contributed by atoms with Crippen molar-refractivity contribution in [1.82, 2.24) is 0 Å². The van der Waals surface area contributed by atoms with E-state index in [9.17, 15) is 9.59 Å². The summed E-state index contributed by atoms with van der Waals surface area (Å²) < 4.78 is 10.4. The van der Waals surface area contributed by atoms with Crippen LogP contribution in [0, 0.1) is 0 Å². The fraction of sp³-hybridized carbons (Fsp3) is 0.600. The van der Waals surface area contributed by atoms with E-state index in [0.717, 1.165) is 24.6 Å². The molecule has 0 atom stereocenters. The highest BCUT2D eigenvalue weighted by Crippen LogP contribution is 2.17. The van der Waals surface area contributed by atoms with Crippen LogP contribution in [0.4, 0.5) is 0 Å². The first kappa shape index (κ1) is 23.2. The zero-order valence-electron chi connectivity index (χ0n) is 17.9. The second kappa shape index (κ2) is 14.0. The molecule has 0 fully saturated rings. The largest absolute Gasteiger partial charge is 0.420 e. The molecule has 0 radical (unpaired) electrons. The summed E-state index contributed by atoms with van der Waals surface area (Å²) in [5.41, 5.74) is -0.115. The Morgan fingerprint density at radius 1 is 0.828 bits per heavy atom. The number of fused-ring (bicyclic) bond motifs is 1. The molecule has 1 aromatic carbocycles. The Balaban J connectivity index is 1.50. The van der Waals surface area contributed by atoms with Gasteiger partial charge in [0.05, 0.1) is 0 Å². The van der Waals surface area contributed by atoms with Crippen LogP contribution in [0.15, 0.2) is 39.5 Å². The van der Waals surface area contributed by atoms with Gasteiger partial charge in [-0.05, 0) is 18.6 Å². The summed E-state index contributed by atoms with van der Waals surface area (Å²) in [4.78, 5) is 23.9. The van der Waals surface area contributed by atoms with E-state index in [1.54, 1.807) is 18.2 Å². The Morgan fingerprint density at radius 3 is 2.00 bits per heavy atom. The van der Waals surface area contributed by atoms with E-state index in [0.29, 0.717) is 12.0 Å². The van der Waals surface area contributed by atoms with E-state index in [1.165, 1.54) is 64.2 Å². The number of carbonyl (C=O) groups excluding carboxylic acids is 1. The third-order valence-electron chi connectivity index (χ3n) is 5.32. The highest BCUT2D eigenvalue weighted by molar-refractivity contribution is 5.79. The standard InChI is InChI=1S/C25H36O4/c1-2-3-4-5-6-7-8-9-10-11-12-13-14-19-24(26)28-23-20-21-17-15-16-18-22(21)29-25(23)27/h15-18,20H,2-14,19H2,1H3. The minimum absolute atomic E-state index is 0.0246. The number of hydrogen-bond acceptors (Lipinski definition) is 4. The summed E-state index contributed by atoms with van der Waals surface area (Å²) >= 11 is 0. The molecule has 1 heterocycles. The van der Waals surface area contributed by atoms with E-state index in [4.69, 9.17) is 9.15 Å². The molecule has 0 spiro atoms. The average molecular weight is 401 g/mol. The fourth-order valence-corrected chi connectivity index (χ4v) is 3.57.